The smallest absolute Gasteiger partial charge is 0.165 e. The molecule has 0 saturated heterocycles. The summed E-state index contributed by atoms with van der Waals surface area (Å²) in [6.45, 7) is 1.95. The molecule has 0 aliphatic heterocycles. The van der Waals surface area contributed by atoms with Crippen molar-refractivity contribution in [3.05, 3.63) is 72.6 Å². The van der Waals surface area contributed by atoms with E-state index in [1.807, 2.05) is 73.7 Å². The second kappa shape index (κ2) is 7.42. The quantitative estimate of drug-likeness (QED) is 0.674. The van der Waals surface area contributed by atoms with Gasteiger partial charge in [0.05, 0.1) is 0 Å². The first kappa shape index (κ1) is 15.7. The van der Waals surface area contributed by atoms with Gasteiger partial charge in [0.25, 0.3) is 0 Å². The lowest BCUT2D eigenvalue weighted by Crippen LogP contribution is -2.03. The molecule has 0 saturated carbocycles. The Balaban J connectivity index is 2.20. The van der Waals surface area contributed by atoms with Crippen LogP contribution in [0.25, 0.3) is 28.3 Å². The second-order valence-corrected chi connectivity index (χ2v) is 5.17. The number of allylic oxidation sites excluding steroid dienone is 2. The van der Waals surface area contributed by atoms with Crippen LogP contribution < -0.4 is 0 Å². The highest BCUT2D eigenvalue weighted by molar-refractivity contribution is 6.08. The van der Waals surface area contributed by atoms with E-state index in [1.165, 1.54) is 0 Å². The summed E-state index contributed by atoms with van der Waals surface area (Å²) in [6, 6.07) is 19.9. The van der Waals surface area contributed by atoms with Crippen molar-refractivity contribution in [2.75, 3.05) is 7.05 Å². The van der Waals surface area contributed by atoms with Crippen molar-refractivity contribution in [2.24, 2.45) is 4.99 Å². The normalized spacial score (nSPS) is 11.8. The van der Waals surface area contributed by atoms with Gasteiger partial charge in [-0.25, -0.2) is 15.0 Å². The molecular formula is C20H18N4. The number of nitrogens with zero attached hydrogens (tertiary/aromatic N) is 4. The minimum Gasteiger partial charge on any atom is -0.296 e. The third-order valence-corrected chi connectivity index (χ3v) is 3.54. The maximum Gasteiger partial charge on any atom is 0.165 e. The molecule has 0 bridgehead atoms. The van der Waals surface area contributed by atoms with Gasteiger partial charge in [-0.05, 0) is 6.92 Å². The molecule has 0 spiro atoms. The molecule has 0 amide bonds. The van der Waals surface area contributed by atoms with Gasteiger partial charge < -0.3 is 0 Å². The first-order valence-corrected chi connectivity index (χ1v) is 7.77. The van der Waals surface area contributed by atoms with Crippen LogP contribution in [0.3, 0.4) is 0 Å². The Bertz CT molecular complexity index is 811. The van der Waals surface area contributed by atoms with Crippen molar-refractivity contribution < 1.29 is 0 Å². The molecule has 118 valence electrons. The van der Waals surface area contributed by atoms with E-state index in [4.69, 9.17) is 0 Å². The van der Waals surface area contributed by atoms with Gasteiger partial charge in [0.1, 0.15) is 0 Å². The van der Waals surface area contributed by atoms with E-state index < -0.39 is 0 Å². The van der Waals surface area contributed by atoms with Gasteiger partial charge in [-0.3, -0.25) is 4.99 Å². The fourth-order valence-electron chi connectivity index (χ4n) is 2.34. The van der Waals surface area contributed by atoms with Gasteiger partial charge in [-0.1, -0.05) is 66.7 Å². The summed E-state index contributed by atoms with van der Waals surface area (Å²) in [6.07, 6.45) is 3.71. The van der Waals surface area contributed by atoms with E-state index in [9.17, 15) is 0 Å². The van der Waals surface area contributed by atoms with Crippen molar-refractivity contribution in [1.29, 1.82) is 0 Å². The molecule has 0 radical (unpaired) electrons. The maximum atomic E-state index is 4.66. The third kappa shape index (κ3) is 3.43. The van der Waals surface area contributed by atoms with Gasteiger partial charge >= 0.3 is 0 Å². The van der Waals surface area contributed by atoms with E-state index in [1.54, 1.807) is 13.3 Å². The molecule has 0 fully saturated rings. The Morgan fingerprint density at radius 1 is 0.792 bits per heavy atom. The van der Waals surface area contributed by atoms with Gasteiger partial charge in [0.2, 0.25) is 0 Å². The summed E-state index contributed by atoms with van der Waals surface area (Å²) in [5, 5.41) is 0. The summed E-state index contributed by atoms with van der Waals surface area (Å²) in [5.74, 6) is 1.93. The molecule has 1 aromatic heterocycles. The Hall–Kier alpha value is -3.14. The van der Waals surface area contributed by atoms with Crippen LogP contribution in [-0.2, 0) is 0 Å². The maximum absolute atomic E-state index is 4.66. The van der Waals surface area contributed by atoms with Crippen LogP contribution in [0.1, 0.15) is 12.7 Å². The third-order valence-electron chi connectivity index (χ3n) is 3.54. The minimum atomic E-state index is 0.621. The highest BCUT2D eigenvalue weighted by atomic mass is 15.0. The number of aliphatic imine (C=N–C) groups is 1. The zero-order valence-electron chi connectivity index (χ0n) is 13.7. The molecular weight excluding hydrogens is 296 g/mol. The number of hydrogen-bond donors (Lipinski definition) is 0. The van der Waals surface area contributed by atoms with Gasteiger partial charge in [0.15, 0.2) is 17.5 Å². The van der Waals surface area contributed by atoms with Crippen molar-refractivity contribution in [1.82, 2.24) is 15.0 Å². The average molecular weight is 314 g/mol. The summed E-state index contributed by atoms with van der Waals surface area (Å²) < 4.78 is 0. The van der Waals surface area contributed by atoms with Gasteiger partial charge in [0, 0.05) is 30.0 Å². The SMILES string of the molecule is C/C=C(\C=N/C)c1nc(-c2ccccc2)nc(-c2ccccc2)n1. The van der Waals surface area contributed by atoms with E-state index in [0.29, 0.717) is 17.5 Å². The first-order chi connectivity index (χ1) is 11.8. The largest absolute Gasteiger partial charge is 0.296 e. The molecule has 1 heterocycles. The van der Waals surface area contributed by atoms with Crippen LogP contribution >= 0.6 is 0 Å². The molecule has 0 unspecified atom stereocenters. The Labute approximate surface area is 141 Å². The molecule has 24 heavy (non-hydrogen) atoms. The lowest BCUT2D eigenvalue weighted by molar-refractivity contribution is 1.04. The zero-order chi connectivity index (χ0) is 16.8. The van der Waals surface area contributed by atoms with Crippen LogP contribution in [-0.4, -0.2) is 28.2 Å². The van der Waals surface area contributed by atoms with Crippen LogP contribution in [0.4, 0.5) is 0 Å². The molecule has 0 N–H and O–H groups in total. The van der Waals surface area contributed by atoms with E-state index in [-0.39, 0.29) is 0 Å². The summed E-state index contributed by atoms with van der Waals surface area (Å²) >= 11 is 0. The number of hydrogen-bond acceptors (Lipinski definition) is 4. The molecule has 4 heteroatoms. The topological polar surface area (TPSA) is 51.0 Å². The highest BCUT2D eigenvalue weighted by Gasteiger charge is 2.12. The van der Waals surface area contributed by atoms with Crippen LogP contribution in [0.15, 0.2) is 71.7 Å². The lowest BCUT2D eigenvalue weighted by Gasteiger charge is -2.08. The van der Waals surface area contributed by atoms with Crippen molar-refractivity contribution in [3.8, 4) is 22.8 Å². The van der Waals surface area contributed by atoms with Crippen LogP contribution in [0, 0.1) is 0 Å². The molecule has 2 aromatic carbocycles. The second-order valence-electron chi connectivity index (χ2n) is 5.17. The predicted molar refractivity (Wildman–Crippen MR) is 98.8 cm³/mol. The Kier molecular flexibility index (Phi) is 4.87. The monoisotopic (exact) mass is 314 g/mol. The molecule has 0 aliphatic carbocycles. The van der Waals surface area contributed by atoms with Gasteiger partial charge in [-0.2, -0.15) is 0 Å². The lowest BCUT2D eigenvalue weighted by atomic mass is 10.1. The highest BCUT2D eigenvalue weighted by Crippen LogP contribution is 2.22. The Morgan fingerprint density at radius 3 is 1.71 bits per heavy atom. The molecule has 4 nitrogen and oxygen atoms in total. The van der Waals surface area contributed by atoms with E-state index in [2.05, 4.69) is 19.9 Å². The van der Waals surface area contributed by atoms with Gasteiger partial charge in [-0.15, -0.1) is 0 Å². The summed E-state index contributed by atoms with van der Waals surface area (Å²) in [5.41, 5.74) is 2.79. The van der Waals surface area contributed by atoms with Crippen LogP contribution in [0.2, 0.25) is 0 Å². The fourth-order valence-corrected chi connectivity index (χ4v) is 2.34. The summed E-state index contributed by atoms with van der Waals surface area (Å²) in [7, 11) is 1.74. The average Bonchev–Trinajstić information content (AvgIpc) is 2.67. The number of aromatic nitrogens is 3. The standard InChI is InChI=1S/C20H18N4/c1-3-15(14-21-2)18-22-19(16-10-6-4-7-11-16)24-20(23-18)17-12-8-5-9-13-17/h3-14H,1-2H3/b15-3+,21-14-. The van der Waals surface area contributed by atoms with Crippen LogP contribution in [0.5, 0.6) is 0 Å². The minimum absolute atomic E-state index is 0.621. The number of benzene rings is 2. The Morgan fingerprint density at radius 2 is 1.29 bits per heavy atom. The zero-order valence-corrected chi connectivity index (χ0v) is 13.7. The van der Waals surface area contributed by atoms with Crippen molar-refractivity contribution >= 4 is 11.8 Å². The van der Waals surface area contributed by atoms with E-state index >= 15 is 0 Å². The molecule has 0 atom stereocenters. The fraction of sp³-hybridized carbons (Fsp3) is 0.100. The first-order valence-electron chi connectivity index (χ1n) is 7.77. The molecule has 3 aromatic rings. The molecule has 0 aliphatic rings. The van der Waals surface area contributed by atoms with Crippen molar-refractivity contribution in [2.45, 2.75) is 6.92 Å². The van der Waals surface area contributed by atoms with Crippen molar-refractivity contribution in [3.63, 3.8) is 0 Å². The van der Waals surface area contributed by atoms with E-state index in [0.717, 1.165) is 16.7 Å². The number of rotatable bonds is 4. The molecule has 3 rings (SSSR count). The summed E-state index contributed by atoms with van der Waals surface area (Å²) in [4.78, 5) is 18.0. The predicted octanol–water partition coefficient (Wildman–Crippen LogP) is 4.31.